The zero-order valence-corrected chi connectivity index (χ0v) is 11.9. The highest BCUT2D eigenvalue weighted by atomic mass is 16.3. The predicted molar refractivity (Wildman–Crippen MR) is 73.2 cm³/mol. The Morgan fingerprint density at radius 1 is 1.44 bits per heavy atom. The van der Waals surface area contributed by atoms with E-state index >= 15 is 0 Å². The fraction of sp³-hybridized carbons (Fsp3) is 0.800. The van der Waals surface area contributed by atoms with E-state index in [1.165, 1.54) is 6.42 Å². The van der Waals surface area contributed by atoms with Crippen molar-refractivity contribution in [3.63, 3.8) is 0 Å². The first-order chi connectivity index (χ1) is 8.57. The van der Waals surface area contributed by atoms with Crippen LogP contribution in [-0.4, -0.2) is 14.9 Å². The lowest BCUT2D eigenvalue weighted by molar-refractivity contribution is 0.0105. The Morgan fingerprint density at radius 3 is 2.89 bits per heavy atom. The zero-order chi connectivity index (χ0) is 13.2. The van der Waals surface area contributed by atoms with Crippen molar-refractivity contribution in [2.45, 2.75) is 65.0 Å². The van der Waals surface area contributed by atoms with Gasteiger partial charge < -0.3 is 5.11 Å². The van der Waals surface area contributed by atoms with Gasteiger partial charge in [0.1, 0.15) is 5.60 Å². The van der Waals surface area contributed by atoms with E-state index in [1.807, 2.05) is 16.9 Å². The van der Waals surface area contributed by atoms with Crippen LogP contribution in [0.3, 0.4) is 0 Å². The number of aryl methyl sites for hydroxylation is 1. The average Bonchev–Trinajstić information content (AvgIpc) is 2.73. The third-order valence-corrected chi connectivity index (χ3v) is 4.53. The highest BCUT2D eigenvalue weighted by Crippen LogP contribution is 2.39. The fourth-order valence-corrected chi connectivity index (χ4v) is 3.25. The third-order valence-electron chi connectivity index (χ3n) is 4.53. The van der Waals surface area contributed by atoms with Gasteiger partial charge in [-0.15, -0.1) is 0 Å². The van der Waals surface area contributed by atoms with Crippen LogP contribution in [0.1, 0.15) is 58.6 Å². The van der Waals surface area contributed by atoms with Crippen molar-refractivity contribution in [1.29, 1.82) is 0 Å². The van der Waals surface area contributed by atoms with E-state index in [2.05, 4.69) is 25.9 Å². The van der Waals surface area contributed by atoms with Crippen LogP contribution in [0.15, 0.2) is 12.3 Å². The van der Waals surface area contributed by atoms with Crippen molar-refractivity contribution in [2.75, 3.05) is 0 Å². The van der Waals surface area contributed by atoms with E-state index in [0.29, 0.717) is 0 Å². The molecule has 1 N–H and O–H groups in total. The second-order valence-electron chi connectivity index (χ2n) is 6.00. The maximum Gasteiger partial charge on any atom is 0.106 e. The zero-order valence-electron chi connectivity index (χ0n) is 11.9. The van der Waals surface area contributed by atoms with Gasteiger partial charge in [-0.05, 0) is 50.5 Å². The molecule has 2 atom stereocenters. The SMILES string of the molecule is CCn1nccc1C1(O)CCCC(C(C)C)CC1. The molecule has 0 saturated heterocycles. The van der Waals surface area contributed by atoms with E-state index in [-0.39, 0.29) is 0 Å². The molecule has 0 aromatic carbocycles. The largest absolute Gasteiger partial charge is 0.384 e. The molecule has 1 aromatic heterocycles. The van der Waals surface area contributed by atoms with Crippen LogP contribution in [0.5, 0.6) is 0 Å². The summed E-state index contributed by atoms with van der Waals surface area (Å²) in [5.74, 6) is 1.49. The first kappa shape index (κ1) is 13.6. The summed E-state index contributed by atoms with van der Waals surface area (Å²) in [4.78, 5) is 0. The van der Waals surface area contributed by atoms with E-state index < -0.39 is 5.60 Å². The normalized spacial score (nSPS) is 29.5. The molecule has 1 fully saturated rings. The Balaban J connectivity index is 2.16. The summed E-state index contributed by atoms with van der Waals surface area (Å²) >= 11 is 0. The third kappa shape index (κ3) is 2.61. The van der Waals surface area contributed by atoms with Crippen molar-refractivity contribution >= 4 is 0 Å². The van der Waals surface area contributed by atoms with Gasteiger partial charge in [0.2, 0.25) is 0 Å². The minimum atomic E-state index is -0.657. The van der Waals surface area contributed by atoms with Gasteiger partial charge in [0.05, 0.1) is 5.69 Å². The van der Waals surface area contributed by atoms with Crippen LogP contribution in [0, 0.1) is 11.8 Å². The standard InChI is InChI=1S/C15H26N2O/c1-4-17-14(8-11-16-17)15(18)9-5-6-13(7-10-15)12(2)3/h8,11-13,18H,4-7,9-10H2,1-3H3. The fourth-order valence-electron chi connectivity index (χ4n) is 3.25. The Bertz CT molecular complexity index is 386. The smallest absolute Gasteiger partial charge is 0.106 e. The molecule has 0 amide bonds. The number of hydrogen-bond donors (Lipinski definition) is 1. The molecule has 0 aliphatic heterocycles. The summed E-state index contributed by atoms with van der Waals surface area (Å²) in [6.07, 6.45) is 7.06. The van der Waals surface area contributed by atoms with Gasteiger partial charge in [-0.3, -0.25) is 4.68 Å². The molecule has 1 aliphatic rings. The summed E-state index contributed by atoms with van der Waals surface area (Å²) in [5, 5.41) is 15.3. The molecule has 1 saturated carbocycles. The number of aliphatic hydroxyl groups is 1. The minimum absolute atomic E-state index is 0.657. The van der Waals surface area contributed by atoms with Crippen LogP contribution >= 0.6 is 0 Å². The predicted octanol–water partition coefficient (Wildman–Crippen LogP) is 3.33. The minimum Gasteiger partial charge on any atom is -0.384 e. The lowest BCUT2D eigenvalue weighted by Crippen LogP contribution is -2.28. The Labute approximate surface area is 110 Å². The summed E-state index contributed by atoms with van der Waals surface area (Å²) in [6, 6.07) is 1.99. The van der Waals surface area contributed by atoms with Gasteiger partial charge in [0, 0.05) is 12.7 Å². The van der Waals surface area contributed by atoms with Gasteiger partial charge in [-0.2, -0.15) is 5.10 Å². The molecule has 2 rings (SSSR count). The molecule has 2 unspecified atom stereocenters. The van der Waals surface area contributed by atoms with E-state index in [1.54, 1.807) is 0 Å². The molecule has 1 aliphatic carbocycles. The molecule has 3 heteroatoms. The van der Waals surface area contributed by atoms with Crippen LogP contribution in [0.25, 0.3) is 0 Å². The summed E-state index contributed by atoms with van der Waals surface area (Å²) in [6.45, 7) is 7.50. The number of rotatable bonds is 3. The first-order valence-corrected chi connectivity index (χ1v) is 7.31. The van der Waals surface area contributed by atoms with Gasteiger partial charge >= 0.3 is 0 Å². The molecule has 3 nitrogen and oxygen atoms in total. The Kier molecular flexibility index (Phi) is 4.10. The Morgan fingerprint density at radius 2 is 2.22 bits per heavy atom. The number of aromatic nitrogens is 2. The molecule has 1 aromatic rings. The van der Waals surface area contributed by atoms with E-state index in [4.69, 9.17) is 0 Å². The first-order valence-electron chi connectivity index (χ1n) is 7.31. The quantitative estimate of drug-likeness (QED) is 0.836. The van der Waals surface area contributed by atoms with E-state index in [9.17, 15) is 5.11 Å². The van der Waals surface area contributed by atoms with E-state index in [0.717, 1.165) is 49.8 Å². The lowest BCUT2D eigenvalue weighted by Gasteiger charge is -2.27. The van der Waals surface area contributed by atoms with Crippen LogP contribution in [0.4, 0.5) is 0 Å². The molecule has 1 heterocycles. The number of nitrogens with zero attached hydrogens (tertiary/aromatic N) is 2. The second-order valence-corrected chi connectivity index (χ2v) is 6.00. The molecule has 18 heavy (non-hydrogen) atoms. The van der Waals surface area contributed by atoms with Gasteiger partial charge in [0.25, 0.3) is 0 Å². The highest BCUT2D eigenvalue weighted by Gasteiger charge is 2.35. The van der Waals surface area contributed by atoms with Crippen LogP contribution in [0.2, 0.25) is 0 Å². The second kappa shape index (κ2) is 5.43. The van der Waals surface area contributed by atoms with Crippen molar-refractivity contribution < 1.29 is 5.11 Å². The highest BCUT2D eigenvalue weighted by molar-refractivity contribution is 5.12. The Hall–Kier alpha value is -0.830. The number of hydrogen-bond acceptors (Lipinski definition) is 2. The molecule has 0 bridgehead atoms. The van der Waals surface area contributed by atoms with Crippen molar-refractivity contribution in [3.8, 4) is 0 Å². The monoisotopic (exact) mass is 250 g/mol. The van der Waals surface area contributed by atoms with Crippen molar-refractivity contribution in [1.82, 2.24) is 9.78 Å². The summed E-state index contributed by atoms with van der Waals surface area (Å²) < 4.78 is 1.94. The maximum absolute atomic E-state index is 11.0. The van der Waals surface area contributed by atoms with Crippen molar-refractivity contribution in [2.24, 2.45) is 11.8 Å². The van der Waals surface area contributed by atoms with Crippen molar-refractivity contribution in [3.05, 3.63) is 18.0 Å². The van der Waals surface area contributed by atoms with Gasteiger partial charge in [-0.25, -0.2) is 0 Å². The summed E-state index contributed by atoms with van der Waals surface area (Å²) in [7, 11) is 0. The topological polar surface area (TPSA) is 38.0 Å². The molecular weight excluding hydrogens is 224 g/mol. The van der Waals surface area contributed by atoms with Crippen LogP contribution in [-0.2, 0) is 12.1 Å². The molecular formula is C15H26N2O. The lowest BCUT2D eigenvalue weighted by atomic mass is 9.87. The van der Waals surface area contributed by atoms with Gasteiger partial charge in [-0.1, -0.05) is 20.3 Å². The molecule has 102 valence electrons. The van der Waals surface area contributed by atoms with Crippen LogP contribution < -0.4 is 0 Å². The average molecular weight is 250 g/mol. The molecule has 0 radical (unpaired) electrons. The maximum atomic E-state index is 11.0. The van der Waals surface area contributed by atoms with Gasteiger partial charge in [0.15, 0.2) is 0 Å². The molecule has 0 spiro atoms. The summed E-state index contributed by atoms with van der Waals surface area (Å²) in [5.41, 5.74) is 0.352.